The van der Waals surface area contributed by atoms with E-state index in [0.717, 1.165) is 42.2 Å². The molecule has 1 aliphatic heterocycles. The number of anilines is 3. The number of rotatable bonds is 5. The maximum Gasteiger partial charge on any atom is 0.241 e. The summed E-state index contributed by atoms with van der Waals surface area (Å²) in [5.41, 5.74) is 1.32. The normalized spacial score (nSPS) is 15.7. The molecule has 2 N–H and O–H groups in total. The molecule has 4 rings (SSSR count). The van der Waals surface area contributed by atoms with Crippen LogP contribution in [0.15, 0.2) is 42.0 Å². The Bertz CT molecular complexity index is 1060. The molecule has 1 aliphatic rings. The summed E-state index contributed by atoms with van der Waals surface area (Å²) in [4.78, 5) is 38.2. The first-order chi connectivity index (χ1) is 14.5. The van der Waals surface area contributed by atoms with Crippen molar-refractivity contribution in [3.8, 4) is 0 Å². The van der Waals surface area contributed by atoms with Crippen molar-refractivity contribution < 1.29 is 9.59 Å². The molecule has 0 saturated carbocycles. The van der Waals surface area contributed by atoms with E-state index in [4.69, 9.17) is 0 Å². The standard InChI is InChI=1S/C21H24N6O2S/c1-14(20(29)25-17-5-3-4-16(12-17)24-15(2)28)26-7-9-27(10-8-26)19-18-6-11-30-21(18)23-13-22-19/h3-6,11-14H,7-10H2,1-2H3,(H,24,28)(H,25,29). The zero-order valence-corrected chi connectivity index (χ0v) is 17.8. The molecular weight excluding hydrogens is 400 g/mol. The molecule has 8 nitrogen and oxygen atoms in total. The van der Waals surface area contributed by atoms with Crippen molar-refractivity contribution in [3.63, 3.8) is 0 Å². The molecule has 3 aromatic rings. The van der Waals surface area contributed by atoms with Crippen LogP contribution in [0, 0.1) is 0 Å². The topological polar surface area (TPSA) is 90.5 Å². The quantitative estimate of drug-likeness (QED) is 0.655. The van der Waals surface area contributed by atoms with Crippen LogP contribution in [-0.2, 0) is 9.59 Å². The number of carbonyl (C=O) groups excluding carboxylic acids is 2. The van der Waals surface area contributed by atoms with Gasteiger partial charge in [-0.1, -0.05) is 6.07 Å². The highest BCUT2D eigenvalue weighted by Gasteiger charge is 2.27. The third kappa shape index (κ3) is 4.42. The monoisotopic (exact) mass is 424 g/mol. The third-order valence-electron chi connectivity index (χ3n) is 5.23. The summed E-state index contributed by atoms with van der Waals surface area (Å²) >= 11 is 1.62. The Morgan fingerprint density at radius 3 is 2.53 bits per heavy atom. The molecule has 0 spiro atoms. The SMILES string of the molecule is CC(=O)Nc1cccc(NC(=O)C(C)N2CCN(c3ncnc4sccc34)CC2)c1. The molecule has 3 heterocycles. The van der Waals surface area contributed by atoms with Crippen molar-refractivity contribution in [2.24, 2.45) is 0 Å². The van der Waals surface area contributed by atoms with Crippen molar-refractivity contribution in [1.82, 2.24) is 14.9 Å². The first kappa shape index (κ1) is 20.2. The van der Waals surface area contributed by atoms with Crippen LogP contribution in [0.4, 0.5) is 17.2 Å². The van der Waals surface area contributed by atoms with E-state index >= 15 is 0 Å². The average Bonchev–Trinajstić information content (AvgIpc) is 3.22. The van der Waals surface area contributed by atoms with Gasteiger partial charge in [0.25, 0.3) is 0 Å². The number of nitrogens with zero attached hydrogens (tertiary/aromatic N) is 4. The van der Waals surface area contributed by atoms with Crippen LogP contribution in [0.1, 0.15) is 13.8 Å². The number of nitrogens with one attached hydrogen (secondary N) is 2. The first-order valence-electron chi connectivity index (χ1n) is 9.87. The minimum absolute atomic E-state index is 0.0642. The number of piperazine rings is 1. The largest absolute Gasteiger partial charge is 0.353 e. The van der Waals surface area contributed by atoms with E-state index < -0.39 is 0 Å². The lowest BCUT2D eigenvalue weighted by atomic mass is 10.2. The molecule has 1 aromatic carbocycles. The average molecular weight is 425 g/mol. The van der Waals surface area contributed by atoms with Crippen LogP contribution in [0.25, 0.3) is 10.2 Å². The molecule has 1 atom stereocenters. The van der Waals surface area contributed by atoms with Gasteiger partial charge < -0.3 is 15.5 Å². The summed E-state index contributed by atoms with van der Waals surface area (Å²) in [6, 6.07) is 8.96. The lowest BCUT2D eigenvalue weighted by Crippen LogP contribution is -2.53. The maximum absolute atomic E-state index is 12.8. The van der Waals surface area contributed by atoms with Crippen molar-refractivity contribution >= 4 is 50.6 Å². The lowest BCUT2D eigenvalue weighted by molar-refractivity contribution is -0.120. The van der Waals surface area contributed by atoms with Crippen LogP contribution in [0.3, 0.4) is 0 Å². The van der Waals surface area contributed by atoms with Crippen LogP contribution in [0.2, 0.25) is 0 Å². The fraction of sp³-hybridized carbons (Fsp3) is 0.333. The predicted octanol–water partition coefficient (Wildman–Crippen LogP) is 2.80. The molecule has 30 heavy (non-hydrogen) atoms. The highest BCUT2D eigenvalue weighted by atomic mass is 32.1. The van der Waals surface area contributed by atoms with Gasteiger partial charge in [0.2, 0.25) is 11.8 Å². The van der Waals surface area contributed by atoms with E-state index in [-0.39, 0.29) is 17.9 Å². The molecule has 9 heteroatoms. The number of benzene rings is 1. The minimum atomic E-state index is -0.261. The van der Waals surface area contributed by atoms with Crippen molar-refractivity contribution in [1.29, 1.82) is 0 Å². The highest BCUT2D eigenvalue weighted by Crippen LogP contribution is 2.27. The van der Waals surface area contributed by atoms with Crippen LogP contribution >= 0.6 is 11.3 Å². The number of thiophene rings is 1. The molecular formula is C21H24N6O2S. The molecule has 2 aromatic heterocycles. The summed E-state index contributed by atoms with van der Waals surface area (Å²) in [6.07, 6.45) is 1.62. The van der Waals surface area contributed by atoms with Crippen LogP contribution < -0.4 is 15.5 Å². The summed E-state index contributed by atoms with van der Waals surface area (Å²) in [7, 11) is 0. The molecule has 1 fully saturated rings. The van der Waals surface area contributed by atoms with Gasteiger partial charge in [-0.2, -0.15) is 0 Å². The highest BCUT2D eigenvalue weighted by molar-refractivity contribution is 7.16. The number of hydrogen-bond acceptors (Lipinski definition) is 7. The van der Waals surface area contributed by atoms with Crippen molar-refractivity contribution in [2.75, 3.05) is 41.7 Å². The van der Waals surface area contributed by atoms with E-state index in [1.807, 2.05) is 18.4 Å². The van der Waals surface area contributed by atoms with Gasteiger partial charge in [-0.05, 0) is 36.6 Å². The second kappa shape index (κ2) is 8.76. The summed E-state index contributed by atoms with van der Waals surface area (Å²) in [5.74, 6) is 0.756. The third-order valence-corrected chi connectivity index (χ3v) is 6.05. The molecule has 0 bridgehead atoms. The Morgan fingerprint density at radius 2 is 1.80 bits per heavy atom. The molecule has 0 aliphatic carbocycles. The van der Waals surface area contributed by atoms with Gasteiger partial charge in [0.15, 0.2) is 0 Å². The first-order valence-corrected chi connectivity index (χ1v) is 10.7. The van der Waals surface area contributed by atoms with E-state index in [2.05, 4.69) is 36.5 Å². The number of fused-ring (bicyclic) bond motifs is 1. The number of aromatic nitrogens is 2. The Hall–Kier alpha value is -3.04. The van der Waals surface area contributed by atoms with Gasteiger partial charge in [-0.15, -0.1) is 11.3 Å². The Balaban J connectivity index is 1.36. The van der Waals surface area contributed by atoms with Crippen LogP contribution in [-0.4, -0.2) is 58.9 Å². The smallest absolute Gasteiger partial charge is 0.241 e. The summed E-state index contributed by atoms with van der Waals surface area (Å²) < 4.78 is 0. The van der Waals surface area contributed by atoms with E-state index in [0.29, 0.717) is 11.4 Å². The van der Waals surface area contributed by atoms with E-state index in [1.54, 1.807) is 35.9 Å². The Kier molecular flexibility index (Phi) is 5.91. The number of amides is 2. The van der Waals surface area contributed by atoms with Crippen LogP contribution in [0.5, 0.6) is 0 Å². The minimum Gasteiger partial charge on any atom is -0.353 e. The van der Waals surface area contributed by atoms with Gasteiger partial charge >= 0.3 is 0 Å². The zero-order valence-electron chi connectivity index (χ0n) is 17.0. The Morgan fingerprint density at radius 1 is 1.07 bits per heavy atom. The van der Waals surface area contributed by atoms with E-state index in [1.165, 1.54) is 6.92 Å². The Labute approximate surface area is 178 Å². The van der Waals surface area contributed by atoms with Gasteiger partial charge in [0, 0.05) is 44.5 Å². The van der Waals surface area contributed by atoms with Crippen molar-refractivity contribution in [2.45, 2.75) is 19.9 Å². The second-order valence-electron chi connectivity index (χ2n) is 7.29. The summed E-state index contributed by atoms with van der Waals surface area (Å²) in [5, 5.41) is 8.80. The van der Waals surface area contributed by atoms with Gasteiger partial charge in [-0.3, -0.25) is 14.5 Å². The molecule has 1 saturated heterocycles. The van der Waals surface area contributed by atoms with Gasteiger partial charge in [0.05, 0.1) is 11.4 Å². The number of hydrogen-bond donors (Lipinski definition) is 2. The predicted molar refractivity (Wildman–Crippen MR) is 120 cm³/mol. The summed E-state index contributed by atoms with van der Waals surface area (Å²) in [6.45, 7) is 6.53. The molecule has 0 radical (unpaired) electrons. The van der Waals surface area contributed by atoms with Gasteiger partial charge in [-0.25, -0.2) is 9.97 Å². The zero-order chi connectivity index (χ0) is 21.1. The molecule has 1 unspecified atom stereocenters. The fourth-order valence-corrected chi connectivity index (χ4v) is 4.37. The molecule has 156 valence electrons. The van der Waals surface area contributed by atoms with Gasteiger partial charge in [0.1, 0.15) is 17.0 Å². The number of carbonyl (C=O) groups is 2. The second-order valence-corrected chi connectivity index (χ2v) is 8.18. The van der Waals surface area contributed by atoms with E-state index in [9.17, 15) is 9.59 Å². The lowest BCUT2D eigenvalue weighted by Gasteiger charge is -2.38. The van der Waals surface area contributed by atoms with Crippen molar-refractivity contribution in [3.05, 3.63) is 42.0 Å². The fourth-order valence-electron chi connectivity index (χ4n) is 3.64. The molecule has 2 amide bonds. The maximum atomic E-state index is 12.8.